The quantitative estimate of drug-likeness (QED) is 0.826. The van der Waals surface area contributed by atoms with Gasteiger partial charge in [-0.25, -0.2) is 4.98 Å². The van der Waals surface area contributed by atoms with Gasteiger partial charge in [-0.15, -0.1) is 11.3 Å². The number of nitrogens with zero attached hydrogens (tertiary/aromatic N) is 1. The van der Waals surface area contributed by atoms with Gasteiger partial charge in [-0.2, -0.15) is 0 Å². The van der Waals surface area contributed by atoms with Crippen LogP contribution < -0.4 is 11.1 Å². The average molecular weight is 303 g/mol. The van der Waals surface area contributed by atoms with Crippen molar-refractivity contribution in [3.8, 4) is 10.6 Å². The van der Waals surface area contributed by atoms with E-state index in [2.05, 4.69) is 17.2 Å². The zero-order valence-electron chi connectivity index (χ0n) is 12.2. The molecular formula is C16H21N3OS. The van der Waals surface area contributed by atoms with Crippen LogP contribution in [0, 0.1) is 0 Å². The van der Waals surface area contributed by atoms with Crippen molar-refractivity contribution in [2.45, 2.75) is 32.2 Å². The van der Waals surface area contributed by atoms with Gasteiger partial charge in [-0.1, -0.05) is 50.1 Å². The number of nitrogens with two attached hydrogens (primary N) is 1. The van der Waals surface area contributed by atoms with Gasteiger partial charge >= 0.3 is 0 Å². The van der Waals surface area contributed by atoms with E-state index in [1.54, 1.807) is 5.38 Å². The molecule has 0 aliphatic carbocycles. The van der Waals surface area contributed by atoms with Crippen LogP contribution in [0.4, 0.5) is 0 Å². The normalized spacial score (nSPS) is 12.1. The maximum absolute atomic E-state index is 12.2. The molecule has 1 unspecified atom stereocenters. The standard InChI is InChI=1S/C16H21N3OS/c1-2-3-9-13(10-17)18-15(20)14-11-21-16(19-14)12-7-5-4-6-8-12/h4-8,11,13H,2-3,9-10,17H2,1H3,(H,18,20). The van der Waals surface area contributed by atoms with Crippen molar-refractivity contribution in [3.05, 3.63) is 41.4 Å². The molecule has 3 N–H and O–H groups in total. The van der Waals surface area contributed by atoms with Crippen molar-refractivity contribution < 1.29 is 4.79 Å². The highest BCUT2D eigenvalue weighted by Crippen LogP contribution is 2.23. The van der Waals surface area contributed by atoms with E-state index < -0.39 is 0 Å². The Hall–Kier alpha value is -1.72. The maximum Gasteiger partial charge on any atom is 0.271 e. The summed E-state index contributed by atoms with van der Waals surface area (Å²) in [6, 6.07) is 9.90. The van der Waals surface area contributed by atoms with Crippen molar-refractivity contribution in [2.75, 3.05) is 6.54 Å². The lowest BCUT2D eigenvalue weighted by Crippen LogP contribution is -2.40. The second-order valence-corrected chi connectivity index (χ2v) is 5.81. The first-order valence-electron chi connectivity index (χ1n) is 7.26. The molecule has 5 heteroatoms. The van der Waals surface area contributed by atoms with Gasteiger partial charge in [0, 0.05) is 23.5 Å². The van der Waals surface area contributed by atoms with Crippen LogP contribution in [0.3, 0.4) is 0 Å². The number of hydrogen-bond donors (Lipinski definition) is 2. The highest BCUT2D eigenvalue weighted by Gasteiger charge is 2.15. The predicted octanol–water partition coefficient (Wildman–Crippen LogP) is 3.06. The van der Waals surface area contributed by atoms with Crippen LogP contribution in [-0.2, 0) is 0 Å². The second kappa shape index (κ2) is 7.90. The monoisotopic (exact) mass is 303 g/mol. The molecule has 1 atom stereocenters. The summed E-state index contributed by atoms with van der Waals surface area (Å²) in [6.07, 6.45) is 3.07. The molecule has 112 valence electrons. The van der Waals surface area contributed by atoms with Gasteiger partial charge in [-0.3, -0.25) is 4.79 Å². The van der Waals surface area contributed by atoms with E-state index >= 15 is 0 Å². The number of amides is 1. The molecule has 0 spiro atoms. The molecule has 1 amide bonds. The molecule has 0 saturated carbocycles. The minimum atomic E-state index is -0.139. The Morgan fingerprint density at radius 3 is 2.81 bits per heavy atom. The van der Waals surface area contributed by atoms with Crippen LogP contribution in [-0.4, -0.2) is 23.5 Å². The first kappa shape index (κ1) is 15.7. The number of unbranched alkanes of at least 4 members (excludes halogenated alkanes) is 1. The van der Waals surface area contributed by atoms with Crippen LogP contribution in [0.5, 0.6) is 0 Å². The van der Waals surface area contributed by atoms with Crippen LogP contribution >= 0.6 is 11.3 Å². The Morgan fingerprint density at radius 2 is 2.14 bits per heavy atom. The number of benzene rings is 1. The lowest BCUT2D eigenvalue weighted by Gasteiger charge is -2.15. The SMILES string of the molecule is CCCCC(CN)NC(=O)c1csc(-c2ccccc2)n1. The second-order valence-electron chi connectivity index (χ2n) is 4.95. The Labute approximate surface area is 129 Å². The van der Waals surface area contributed by atoms with E-state index in [-0.39, 0.29) is 11.9 Å². The molecular weight excluding hydrogens is 282 g/mol. The van der Waals surface area contributed by atoms with E-state index in [0.717, 1.165) is 29.8 Å². The third kappa shape index (κ3) is 4.37. The number of thiazole rings is 1. The molecule has 2 rings (SSSR count). The van der Waals surface area contributed by atoms with Gasteiger partial charge in [0.1, 0.15) is 10.7 Å². The van der Waals surface area contributed by atoms with E-state index in [0.29, 0.717) is 12.2 Å². The maximum atomic E-state index is 12.2. The van der Waals surface area contributed by atoms with Gasteiger partial charge in [0.15, 0.2) is 0 Å². The highest BCUT2D eigenvalue weighted by molar-refractivity contribution is 7.13. The third-order valence-corrected chi connectivity index (χ3v) is 4.17. The highest BCUT2D eigenvalue weighted by atomic mass is 32.1. The van der Waals surface area contributed by atoms with Crippen molar-refractivity contribution in [1.82, 2.24) is 10.3 Å². The largest absolute Gasteiger partial charge is 0.347 e. The van der Waals surface area contributed by atoms with Gasteiger partial charge in [-0.05, 0) is 6.42 Å². The topological polar surface area (TPSA) is 68.0 Å². The zero-order valence-corrected chi connectivity index (χ0v) is 13.0. The summed E-state index contributed by atoms with van der Waals surface area (Å²) < 4.78 is 0. The number of nitrogens with one attached hydrogen (secondary N) is 1. The molecule has 0 fully saturated rings. The zero-order chi connectivity index (χ0) is 15.1. The molecule has 4 nitrogen and oxygen atoms in total. The Morgan fingerprint density at radius 1 is 1.38 bits per heavy atom. The molecule has 0 aliphatic rings. The van der Waals surface area contributed by atoms with Gasteiger partial charge in [0.2, 0.25) is 0 Å². The van der Waals surface area contributed by atoms with Crippen molar-refractivity contribution in [2.24, 2.45) is 5.73 Å². The fourth-order valence-electron chi connectivity index (χ4n) is 2.05. The number of carbonyl (C=O) groups is 1. The molecule has 0 radical (unpaired) electrons. The third-order valence-electron chi connectivity index (χ3n) is 3.28. The molecule has 21 heavy (non-hydrogen) atoms. The summed E-state index contributed by atoms with van der Waals surface area (Å²) in [7, 11) is 0. The van der Waals surface area contributed by atoms with Gasteiger partial charge in [0.25, 0.3) is 5.91 Å². The molecule has 0 saturated heterocycles. The summed E-state index contributed by atoms with van der Waals surface area (Å²) in [6.45, 7) is 2.59. The van der Waals surface area contributed by atoms with Crippen molar-refractivity contribution in [3.63, 3.8) is 0 Å². The minimum absolute atomic E-state index is 0.0272. The van der Waals surface area contributed by atoms with Crippen LogP contribution in [0.1, 0.15) is 36.7 Å². The fraction of sp³-hybridized carbons (Fsp3) is 0.375. The van der Waals surface area contributed by atoms with Crippen LogP contribution in [0.25, 0.3) is 10.6 Å². The summed E-state index contributed by atoms with van der Waals surface area (Å²) in [5.74, 6) is -0.139. The number of aromatic nitrogens is 1. The number of hydrogen-bond acceptors (Lipinski definition) is 4. The molecule has 0 aliphatic heterocycles. The first-order valence-corrected chi connectivity index (χ1v) is 8.14. The lowest BCUT2D eigenvalue weighted by atomic mass is 10.1. The Kier molecular flexibility index (Phi) is 5.90. The van der Waals surface area contributed by atoms with Gasteiger partial charge < -0.3 is 11.1 Å². The van der Waals surface area contributed by atoms with Gasteiger partial charge in [0.05, 0.1) is 0 Å². The van der Waals surface area contributed by atoms with E-state index in [9.17, 15) is 4.79 Å². The predicted molar refractivity (Wildman–Crippen MR) is 87.4 cm³/mol. The summed E-state index contributed by atoms with van der Waals surface area (Å²) in [5.41, 5.74) is 7.20. The van der Waals surface area contributed by atoms with Crippen LogP contribution in [0.2, 0.25) is 0 Å². The van der Waals surface area contributed by atoms with Crippen molar-refractivity contribution in [1.29, 1.82) is 0 Å². The summed E-state index contributed by atoms with van der Waals surface area (Å²) >= 11 is 1.48. The Balaban J connectivity index is 2.02. The Bertz CT molecular complexity index is 568. The van der Waals surface area contributed by atoms with E-state index in [1.807, 2.05) is 30.3 Å². The average Bonchev–Trinajstić information content (AvgIpc) is 3.02. The van der Waals surface area contributed by atoms with Crippen LogP contribution in [0.15, 0.2) is 35.7 Å². The molecule has 1 aromatic heterocycles. The molecule has 1 aromatic carbocycles. The number of rotatable bonds is 7. The smallest absolute Gasteiger partial charge is 0.271 e. The summed E-state index contributed by atoms with van der Waals surface area (Å²) in [5, 5.41) is 5.62. The lowest BCUT2D eigenvalue weighted by molar-refractivity contribution is 0.0931. The van der Waals surface area contributed by atoms with Crippen molar-refractivity contribution >= 4 is 17.2 Å². The fourth-order valence-corrected chi connectivity index (χ4v) is 2.86. The van der Waals surface area contributed by atoms with E-state index in [4.69, 9.17) is 5.73 Å². The summed E-state index contributed by atoms with van der Waals surface area (Å²) in [4.78, 5) is 16.6. The minimum Gasteiger partial charge on any atom is -0.347 e. The number of carbonyl (C=O) groups excluding carboxylic acids is 1. The first-order chi connectivity index (χ1) is 10.2. The molecule has 0 bridgehead atoms. The molecule has 2 aromatic rings. The van der Waals surface area contributed by atoms with E-state index in [1.165, 1.54) is 11.3 Å². The molecule has 1 heterocycles.